The minimum atomic E-state index is -0.591. The predicted octanol–water partition coefficient (Wildman–Crippen LogP) is 1.05. The number of hydrogen-bond acceptors (Lipinski definition) is 6. The van der Waals surface area contributed by atoms with E-state index < -0.39 is 4.92 Å². The lowest BCUT2D eigenvalue weighted by molar-refractivity contribution is -0.386. The lowest BCUT2D eigenvalue weighted by Gasteiger charge is -2.35. The molecule has 1 aromatic carbocycles. The average Bonchev–Trinajstić information content (AvgIpc) is 2.46. The molecule has 1 heterocycles. The van der Waals surface area contributed by atoms with Crippen molar-refractivity contribution in [2.45, 2.75) is 12.5 Å². The Hall–Kier alpha value is -1.41. The zero-order valence-corrected chi connectivity index (χ0v) is 12.4. The van der Waals surface area contributed by atoms with E-state index in [9.17, 15) is 20.3 Å². The summed E-state index contributed by atoms with van der Waals surface area (Å²) in [6.45, 7) is 3.41. The minimum absolute atomic E-state index is 0. The highest BCUT2D eigenvalue weighted by molar-refractivity contribution is 5.85. The van der Waals surface area contributed by atoms with Crippen LogP contribution in [-0.4, -0.2) is 52.8 Å². The number of halogens is 1. The number of nitrogens with one attached hydrogen (secondary N) is 1. The highest BCUT2D eigenvalue weighted by Gasteiger charge is 2.24. The number of hydrogen-bond donors (Lipinski definition) is 3. The average molecular weight is 318 g/mol. The van der Waals surface area contributed by atoms with Crippen LogP contribution in [-0.2, 0) is 0 Å². The molecule has 2 rings (SSSR count). The van der Waals surface area contributed by atoms with E-state index in [4.69, 9.17) is 0 Å². The van der Waals surface area contributed by atoms with E-state index in [-0.39, 0.29) is 36.5 Å². The number of nitro benzene ring substituents is 1. The van der Waals surface area contributed by atoms with Gasteiger partial charge in [-0.15, -0.1) is 12.4 Å². The van der Waals surface area contributed by atoms with Crippen LogP contribution in [0.4, 0.5) is 5.69 Å². The molecule has 0 aliphatic carbocycles. The molecule has 3 N–H and O–H groups in total. The molecule has 21 heavy (non-hydrogen) atoms. The normalized spacial score (nSPS) is 17.0. The molecule has 0 spiro atoms. The van der Waals surface area contributed by atoms with Crippen LogP contribution >= 0.6 is 12.4 Å². The molecule has 0 unspecified atom stereocenters. The lowest BCUT2D eigenvalue weighted by Crippen LogP contribution is -2.45. The first-order valence-corrected chi connectivity index (χ1v) is 6.66. The topological polar surface area (TPSA) is 98.9 Å². The molecular weight excluding hydrogens is 298 g/mol. The molecule has 1 saturated heterocycles. The minimum Gasteiger partial charge on any atom is -0.502 e. The second kappa shape index (κ2) is 8.14. The lowest BCUT2D eigenvalue weighted by atomic mass is 10.0. The summed E-state index contributed by atoms with van der Waals surface area (Å²) in [6.07, 6.45) is 0.516. The Morgan fingerprint density at radius 1 is 1.38 bits per heavy atom. The Kier molecular flexibility index (Phi) is 6.83. The third-order valence-corrected chi connectivity index (χ3v) is 3.58. The number of nitro groups is 1. The molecule has 1 aromatic rings. The molecule has 0 radical (unpaired) electrons. The van der Waals surface area contributed by atoms with Crippen LogP contribution in [0, 0.1) is 10.1 Å². The van der Waals surface area contributed by atoms with Crippen molar-refractivity contribution in [2.75, 3.05) is 32.8 Å². The summed E-state index contributed by atoms with van der Waals surface area (Å²) >= 11 is 0. The van der Waals surface area contributed by atoms with Crippen molar-refractivity contribution in [1.82, 2.24) is 10.2 Å². The first-order valence-electron chi connectivity index (χ1n) is 6.66. The number of aromatic hydroxyl groups is 1. The Morgan fingerprint density at radius 2 is 2.05 bits per heavy atom. The van der Waals surface area contributed by atoms with Crippen LogP contribution in [0.2, 0.25) is 0 Å². The number of rotatable bonds is 5. The van der Waals surface area contributed by atoms with Gasteiger partial charge in [-0.05, 0) is 18.1 Å². The van der Waals surface area contributed by atoms with Crippen molar-refractivity contribution in [2.24, 2.45) is 0 Å². The number of piperazine rings is 1. The van der Waals surface area contributed by atoms with Crippen LogP contribution < -0.4 is 5.32 Å². The van der Waals surface area contributed by atoms with E-state index in [1.807, 2.05) is 0 Å². The highest BCUT2D eigenvalue weighted by atomic mass is 35.5. The molecule has 1 atom stereocenters. The zero-order chi connectivity index (χ0) is 14.5. The first kappa shape index (κ1) is 17.6. The molecule has 1 aliphatic rings. The number of phenolic OH excluding ortho intramolecular Hbond substituents is 1. The van der Waals surface area contributed by atoms with Crippen molar-refractivity contribution in [3.05, 3.63) is 33.9 Å². The molecule has 8 heteroatoms. The summed E-state index contributed by atoms with van der Waals surface area (Å²) in [5, 5.41) is 32.9. The number of aliphatic hydroxyl groups is 1. The fourth-order valence-corrected chi connectivity index (χ4v) is 2.57. The Morgan fingerprint density at radius 3 is 2.62 bits per heavy atom. The SMILES string of the molecule is Cl.O=[N+]([O-])c1cc([C@@H](CCO)N2CCNCC2)ccc1O. The standard InChI is InChI=1S/C13H19N3O4.ClH/c17-8-3-11(15-6-4-14-5-7-15)10-1-2-13(18)12(9-10)16(19)20;/h1-2,9,11,14,17-18H,3-8H2;1H/t11-;/m1./s1. The smallest absolute Gasteiger partial charge is 0.311 e. The van der Waals surface area contributed by atoms with Crippen LogP contribution in [0.5, 0.6) is 5.75 Å². The van der Waals surface area contributed by atoms with Gasteiger partial charge in [0.1, 0.15) is 0 Å². The molecule has 1 fully saturated rings. The maximum absolute atomic E-state index is 10.9. The zero-order valence-electron chi connectivity index (χ0n) is 11.6. The first-order chi connectivity index (χ1) is 9.63. The van der Waals surface area contributed by atoms with Crippen LogP contribution in [0.15, 0.2) is 18.2 Å². The van der Waals surface area contributed by atoms with E-state index in [2.05, 4.69) is 10.2 Å². The fraction of sp³-hybridized carbons (Fsp3) is 0.538. The van der Waals surface area contributed by atoms with Crippen LogP contribution in [0.25, 0.3) is 0 Å². The van der Waals surface area contributed by atoms with Gasteiger partial charge in [-0.3, -0.25) is 15.0 Å². The molecule has 0 saturated carbocycles. The van der Waals surface area contributed by atoms with Crippen LogP contribution in [0.1, 0.15) is 18.0 Å². The second-order valence-corrected chi connectivity index (χ2v) is 4.82. The summed E-state index contributed by atoms with van der Waals surface area (Å²) in [4.78, 5) is 12.5. The van der Waals surface area contributed by atoms with Crippen molar-refractivity contribution < 1.29 is 15.1 Å². The van der Waals surface area contributed by atoms with Gasteiger partial charge in [0.05, 0.1) is 4.92 Å². The second-order valence-electron chi connectivity index (χ2n) is 4.82. The predicted molar refractivity (Wildman–Crippen MR) is 80.9 cm³/mol. The van der Waals surface area contributed by atoms with E-state index in [0.717, 1.165) is 31.7 Å². The van der Waals surface area contributed by atoms with Gasteiger partial charge in [0.15, 0.2) is 5.75 Å². The molecular formula is C13H20ClN3O4. The summed E-state index contributed by atoms with van der Waals surface area (Å²) < 4.78 is 0. The third-order valence-electron chi connectivity index (χ3n) is 3.58. The summed E-state index contributed by atoms with van der Waals surface area (Å²) in [7, 11) is 0. The molecule has 0 amide bonds. The van der Waals surface area contributed by atoms with Crippen molar-refractivity contribution in [3.63, 3.8) is 0 Å². The number of phenols is 1. The van der Waals surface area contributed by atoms with E-state index in [0.29, 0.717) is 6.42 Å². The maximum atomic E-state index is 10.9. The van der Waals surface area contributed by atoms with Gasteiger partial charge < -0.3 is 15.5 Å². The largest absolute Gasteiger partial charge is 0.502 e. The van der Waals surface area contributed by atoms with Crippen molar-refractivity contribution in [1.29, 1.82) is 0 Å². The van der Waals surface area contributed by atoms with E-state index in [1.165, 1.54) is 12.1 Å². The highest BCUT2D eigenvalue weighted by Crippen LogP contribution is 2.32. The summed E-state index contributed by atoms with van der Waals surface area (Å²) in [6, 6.07) is 4.36. The summed E-state index contributed by atoms with van der Waals surface area (Å²) in [5.41, 5.74) is 0.464. The van der Waals surface area contributed by atoms with Gasteiger partial charge in [-0.2, -0.15) is 0 Å². The molecule has 0 bridgehead atoms. The van der Waals surface area contributed by atoms with Gasteiger partial charge >= 0.3 is 5.69 Å². The molecule has 0 aromatic heterocycles. The van der Waals surface area contributed by atoms with Crippen LogP contribution in [0.3, 0.4) is 0 Å². The fourth-order valence-electron chi connectivity index (χ4n) is 2.57. The van der Waals surface area contributed by atoms with Crippen molar-refractivity contribution in [3.8, 4) is 5.75 Å². The van der Waals surface area contributed by atoms with Gasteiger partial charge in [0.2, 0.25) is 0 Å². The van der Waals surface area contributed by atoms with Gasteiger partial charge in [0, 0.05) is 44.9 Å². The number of benzene rings is 1. The Bertz CT molecular complexity index is 480. The molecule has 7 nitrogen and oxygen atoms in total. The maximum Gasteiger partial charge on any atom is 0.311 e. The van der Waals surface area contributed by atoms with Crippen molar-refractivity contribution >= 4 is 18.1 Å². The quantitative estimate of drug-likeness (QED) is 0.554. The number of nitrogens with zero attached hydrogens (tertiary/aromatic N) is 2. The monoisotopic (exact) mass is 317 g/mol. The van der Waals surface area contributed by atoms with Gasteiger partial charge in [0.25, 0.3) is 0 Å². The Balaban J connectivity index is 0.00000220. The van der Waals surface area contributed by atoms with Gasteiger partial charge in [-0.25, -0.2) is 0 Å². The molecule has 118 valence electrons. The van der Waals surface area contributed by atoms with E-state index >= 15 is 0 Å². The summed E-state index contributed by atoms with van der Waals surface area (Å²) in [5.74, 6) is -0.332. The molecule has 1 aliphatic heterocycles. The van der Waals surface area contributed by atoms with Gasteiger partial charge in [-0.1, -0.05) is 6.07 Å². The Labute approximate surface area is 129 Å². The third kappa shape index (κ3) is 4.28. The number of aliphatic hydroxyl groups excluding tert-OH is 1. The van der Waals surface area contributed by atoms with E-state index in [1.54, 1.807) is 6.07 Å².